The second-order valence-corrected chi connectivity index (χ2v) is 21.0. The van der Waals surface area contributed by atoms with E-state index in [1.165, 1.54) is 31.4 Å². The monoisotopic (exact) mass is 450 g/mol. The summed E-state index contributed by atoms with van der Waals surface area (Å²) in [4.78, 5) is 11.5. The summed E-state index contributed by atoms with van der Waals surface area (Å²) in [6, 6.07) is 3.42. The first-order valence-corrected chi connectivity index (χ1v) is 18.8. The summed E-state index contributed by atoms with van der Waals surface area (Å²) >= 11 is 0. The Morgan fingerprint density at radius 1 is 0.857 bits per heavy atom. The van der Waals surface area contributed by atoms with Crippen LogP contribution >= 0.6 is 0 Å². The maximum Gasteiger partial charge on any atom is 0.333 e. The van der Waals surface area contributed by atoms with Gasteiger partial charge in [0.05, 0.1) is 6.61 Å². The molecule has 1 unspecified atom stereocenters. The van der Waals surface area contributed by atoms with Crippen molar-refractivity contribution >= 4 is 31.2 Å². The van der Waals surface area contributed by atoms with E-state index in [1.807, 2.05) is 0 Å². The van der Waals surface area contributed by atoms with Gasteiger partial charge in [0.1, 0.15) is 0 Å². The van der Waals surface area contributed by atoms with Crippen molar-refractivity contribution in [3.63, 3.8) is 0 Å². The lowest BCUT2D eigenvalue weighted by molar-refractivity contribution is -0.138. The Morgan fingerprint density at radius 3 is 1.89 bits per heavy atom. The largest absolute Gasteiger partial charge is 0.462 e. The number of carbonyl (C=O) groups is 1. The predicted molar refractivity (Wildman–Crippen MR) is 132 cm³/mol. The van der Waals surface area contributed by atoms with E-state index in [0.717, 1.165) is 12.5 Å². The van der Waals surface area contributed by atoms with Gasteiger partial charge >= 0.3 is 14.5 Å². The van der Waals surface area contributed by atoms with Crippen LogP contribution in [0.1, 0.15) is 61.3 Å². The lowest BCUT2D eigenvalue weighted by atomic mass is 10.4. The Hall–Kier alpha value is -0.219. The molecule has 0 saturated heterocycles. The summed E-state index contributed by atoms with van der Waals surface area (Å²) in [5.74, 6) is -0.305. The minimum atomic E-state index is -2.16. The molecule has 1 atom stereocenters. The molecule has 0 bridgehead atoms. The molecule has 170 valence electrons. The molecule has 0 amide bonds. The van der Waals surface area contributed by atoms with Gasteiger partial charge < -0.3 is 13.0 Å². The number of carbonyl (C=O) groups excluding carboxylic acids is 1. The van der Waals surface area contributed by atoms with E-state index in [1.54, 1.807) is 6.92 Å². The van der Waals surface area contributed by atoms with E-state index in [0.29, 0.717) is 12.2 Å². The molecule has 0 radical (unpaired) electrons. The topological polar surface area (TPSA) is 44.8 Å². The second kappa shape index (κ2) is 14.7. The highest BCUT2D eigenvalue weighted by Gasteiger charge is 2.40. The molecule has 4 nitrogen and oxygen atoms in total. The summed E-state index contributed by atoms with van der Waals surface area (Å²) in [6.45, 7) is 21.5. The lowest BCUT2D eigenvalue weighted by Gasteiger charge is -2.40. The van der Waals surface area contributed by atoms with Gasteiger partial charge in [-0.1, -0.05) is 54.5 Å². The Labute approximate surface area is 179 Å². The van der Waals surface area contributed by atoms with E-state index < -0.39 is 25.2 Å². The fraction of sp³-hybridized carbons (Fsp3) is 0.857. The van der Waals surface area contributed by atoms with Crippen molar-refractivity contribution in [2.75, 3.05) is 6.61 Å². The highest BCUT2D eigenvalue weighted by molar-refractivity contribution is 6.88. The number of esters is 1. The van der Waals surface area contributed by atoms with Crippen LogP contribution in [0.4, 0.5) is 0 Å². The quantitative estimate of drug-likeness (QED) is 0.119. The van der Waals surface area contributed by atoms with Crippen LogP contribution in [0.2, 0.25) is 50.9 Å². The molecular formula is C21H50O4Si3. The molecule has 0 rings (SSSR count). The molecule has 7 heteroatoms. The number of hydrogen-bond acceptors (Lipinski definition) is 4. The number of rotatable bonds is 14. The minimum absolute atomic E-state index is 0. The van der Waals surface area contributed by atoms with Crippen LogP contribution in [0, 0.1) is 0 Å². The number of ether oxygens (including phenoxy) is 1. The number of hydrogen-bond donors (Lipinski definition) is 0. The van der Waals surface area contributed by atoms with Crippen molar-refractivity contribution in [1.29, 1.82) is 0 Å². The van der Waals surface area contributed by atoms with E-state index >= 15 is 0 Å². The molecule has 0 aliphatic heterocycles. The molecule has 0 aliphatic rings. The Kier molecular flexibility index (Phi) is 17.1. The van der Waals surface area contributed by atoms with E-state index in [9.17, 15) is 4.79 Å². The first kappa shape index (κ1) is 32.4. The predicted octanol–water partition coefficient (Wildman–Crippen LogP) is 7.49. The molecule has 0 aromatic heterocycles. The molecule has 0 aromatic carbocycles. The van der Waals surface area contributed by atoms with E-state index in [2.05, 4.69) is 53.2 Å². The van der Waals surface area contributed by atoms with Gasteiger partial charge in [-0.3, -0.25) is 0 Å². The zero-order valence-corrected chi connectivity index (χ0v) is 21.5. The summed E-state index contributed by atoms with van der Waals surface area (Å²) in [5.41, 5.74) is 0.451. The molecule has 0 N–H and O–H groups in total. The van der Waals surface area contributed by atoms with Crippen molar-refractivity contribution in [3.8, 4) is 0 Å². The first-order chi connectivity index (χ1) is 11.9. The molecule has 0 heterocycles. The van der Waals surface area contributed by atoms with Crippen LogP contribution in [-0.4, -0.2) is 37.8 Å². The fourth-order valence-corrected chi connectivity index (χ4v) is 18.7. The van der Waals surface area contributed by atoms with Crippen molar-refractivity contribution in [2.45, 2.75) is 112 Å². The smallest absolute Gasteiger partial charge is 0.333 e. The van der Waals surface area contributed by atoms with Crippen LogP contribution in [0.3, 0.4) is 0 Å². The van der Waals surface area contributed by atoms with Crippen molar-refractivity contribution < 1.29 is 17.8 Å². The van der Waals surface area contributed by atoms with Gasteiger partial charge in [-0.15, -0.1) is 0 Å². The maximum absolute atomic E-state index is 11.5. The molecule has 0 saturated carbocycles. The Balaban J connectivity index is -0.00000312. The normalized spacial score (nSPS) is 13.7. The summed E-state index contributed by atoms with van der Waals surface area (Å²) in [6.07, 6.45) is 4.50. The molecule has 0 aliphatic carbocycles. The summed E-state index contributed by atoms with van der Waals surface area (Å²) in [7, 11) is -5.70. The van der Waals surface area contributed by atoms with Crippen LogP contribution in [0.15, 0.2) is 12.2 Å². The molecule has 0 fully saturated rings. The highest BCUT2D eigenvalue weighted by atomic mass is 28.5. The van der Waals surface area contributed by atoms with Gasteiger partial charge in [0.15, 0.2) is 16.6 Å². The van der Waals surface area contributed by atoms with Gasteiger partial charge in [-0.05, 0) is 64.2 Å². The van der Waals surface area contributed by atoms with Crippen LogP contribution in [0.5, 0.6) is 0 Å². The van der Waals surface area contributed by atoms with Crippen LogP contribution in [0.25, 0.3) is 0 Å². The second-order valence-electron chi connectivity index (χ2n) is 8.69. The van der Waals surface area contributed by atoms with Gasteiger partial charge in [0.25, 0.3) is 0 Å². The van der Waals surface area contributed by atoms with Crippen LogP contribution < -0.4 is 0 Å². The van der Waals surface area contributed by atoms with Crippen molar-refractivity contribution in [2.24, 2.45) is 0 Å². The standard InChI is InChI=1S/C19H42O4Si3.2CH4/c1-10-12-17-26(9,15-11-2)23-25(7,8)22-24(5,6)16-13-14-21-19(20)18(3)4;;/h3,10-17H2,1-2,4-9H3;2*1H4. The third-order valence-corrected chi connectivity index (χ3v) is 17.0. The first-order valence-electron chi connectivity index (χ1n) is 10.1. The number of unbranched alkanes of at least 4 members (excludes halogenated alkanes) is 1. The zero-order valence-electron chi connectivity index (χ0n) is 18.5. The Morgan fingerprint density at radius 2 is 1.43 bits per heavy atom. The van der Waals surface area contributed by atoms with Gasteiger partial charge in [-0.25, -0.2) is 4.79 Å². The molecule has 0 spiro atoms. The summed E-state index contributed by atoms with van der Waals surface area (Å²) < 4.78 is 18.6. The lowest BCUT2D eigenvalue weighted by Crippen LogP contribution is -2.53. The molecule has 28 heavy (non-hydrogen) atoms. The molecule has 0 aromatic rings. The third kappa shape index (κ3) is 14.7. The zero-order chi connectivity index (χ0) is 20.4. The van der Waals surface area contributed by atoms with Crippen molar-refractivity contribution in [3.05, 3.63) is 12.2 Å². The summed E-state index contributed by atoms with van der Waals surface area (Å²) in [5, 5.41) is 0. The third-order valence-electron chi connectivity index (χ3n) is 4.36. The van der Waals surface area contributed by atoms with Gasteiger partial charge in [0.2, 0.25) is 0 Å². The SMILES string of the molecule is C.C.C=C(C)C(=O)OCCC[Si](C)(C)O[Si](C)(C)O[Si](C)(CCC)CCCC. The van der Waals surface area contributed by atoms with Gasteiger partial charge in [0, 0.05) is 5.57 Å². The average molecular weight is 451 g/mol. The molecular weight excluding hydrogens is 400 g/mol. The minimum Gasteiger partial charge on any atom is -0.462 e. The maximum atomic E-state index is 11.5. The van der Waals surface area contributed by atoms with Gasteiger partial charge in [-0.2, -0.15) is 0 Å². The average Bonchev–Trinajstić information content (AvgIpc) is 2.47. The van der Waals surface area contributed by atoms with E-state index in [4.69, 9.17) is 13.0 Å². The van der Waals surface area contributed by atoms with E-state index in [-0.39, 0.29) is 20.8 Å². The fourth-order valence-electron chi connectivity index (χ4n) is 3.42. The van der Waals surface area contributed by atoms with Crippen LogP contribution in [-0.2, 0) is 17.8 Å². The Bertz CT molecular complexity index is 453. The van der Waals surface area contributed by atoms with Crippen molar-refractivity contribution in [1.82, 2.24) is 0 Å². The highest BCUT2D eigenvalue weighted by Crippen LogP contribution is 2.29.